The Morgan fingerprint density at radius 3 is 1.60 bits per heavy atom. The molecule has 0 bridgehead atoms. The zero-order valence-corrected chi connectivity index (χ0v) is 32.4. The summed E-state index contributed by atoms with van der Waals surface area (Å²) < 4.78 is 51.1. The molecule has 53 heavy (non-hydrogen) atoms. The van der Waals surface area contributed by atoms with Crippen molar-refractivity contribution >= 4 is 5.97 Å². The van der Waals surface area contributed by atoms with Gasteiger partial charge in [-0.2, -0.15) is 0 Å². The number of fused-ring (bicyclic) bond motifs is 1. The van der Waals surface area contributed by atoms with Crippen molar-refractivity contribution in [1.29, 1.82) is 0 Å². The van der Waals surface area contributed by atoms with E-state index in [1.54, 1.807) is 18.2 Å². The molecule has 0 fully saturated rings. The fourth-order valence-electron chi connectivity index (χ4n) is 5.56. The molecule has 2 aromatic rings. The van der Waals surface area contributed by atoms with Crippen molar-refractivity contribution in [2.45, 2.75) is 90.5 Å². The standard InChI is InChI=1S/C42H67NO10/c1-2-3-20-43-36-37-14-17-39(18-15-37)50-21-12-10-8-6-4-5-7-9-11-13-22-53-42(44)38-16-19-40-41(35-38)52-34-32-49-30-28-47-26-24-45-23-25-46-27-29-48-31-33-51-40/h14-19,35,43H,2-13,20-34,36H2,1H3. The second-order valence-electron chi connectivity index (χ2n) is 13.1. The first-order valence-electron chi connectivity index (χ1n) is 20.1. The first-order chi connectivity index (χ1) is 26.3. The van der Waals surface area contributed by atoms with Crippen LogP contribution in [0.25, 0.3) is 0 Å². The molecular formula is C42H67NO10. The quantitative estimate of drug-likeness (QED) is 0.107. The van der Waals surface area contributed by atoms with E-state index in [9.17, 15) is 4.79 Å². The van der Waals surface area contributed by atoms with Crippen LogP contribution in [-0.2, 0) is 35.0 Å². The summed E-state index contributed by atoms with van der Waals surface area (Å²) in [6.07, 6.45) is 14.1. The lowest BCUT2D eigenvalue weighted by atomic mass is 10.1. The first kappa shape index (κ1) is 44.5. The van der Waals surface area contributed by atoms with E-state index in [2.05, 4.69) is 36.5 Å². The second kappa shape index (κ2) is 31.4. The first-order valence-corrected chi connectivity index (χ1v) is 20.1. The largest absolute Gasteiger partial charge is 0.494 e. The number of carbonyl (C=O) groups is 1. The van der Waals surface area contributed by atoms with Crippen molar-refractivity contribution in [3.05, 3.63) is 53.6 Å². The zero-order chi connectivity index (χ0) is 37.3. The highest BCUT2D eigenvalue weighted by Crippen LogP contribution is 2.29. The van der Waals surface area contributed by atoms with E-state index in [4.69, 9.17) is 42.6 Å². The van der Waals surface area contributed by atoms with Crippen molar-refractivity contribution in [1.82, 2.24) is 5.32 Å². The number of benzene rings is 2. The van der Waals surface area contributed by atoms with E-state index in [0.717, 1.165) is 51.1 Å². The summed E-state index contributed by atoms with van der Waals surface area (Å²) in [5, 5.41) is 3.48. The van der Waals surface area contributed by atoms with Crippen LogP contribution in [0.4, 0.5) is 0 Å². The minimum absolute atomic E-state index is 0.300. The Morgan fingerprint density at radius 2 is 1.06 bits per heavy atom. The molecule has 0 amide bonds. The molecule has 300 valence electrons. The van der Waals surface area contributed by atoms with Gasteiger partial charge in [0.25, 0.3) is 0 Å². The molecule has 11 nitrogen and oxygen atoms in total. The minimum atomic E-state index is -0.367. The molecule has 0 radical (unpaired) electrons. The number of carbonyl (C=O) groups excluding carboxylic acids is 1. The molecule has 0 saturated heterocycles. The lowest BCUT2D eigenvalue weighted by Gasteiger charge is -2.14. The Morgan fingerprint density at radius 1 is 0.566 bits per heavy atom. The van der Waals surface area contributed by atoms with E-state index in [0.29, 0.717) is 103 Å². The van der Waals surface area contributed by atoms with Crippen LogP contribution >= 0.6 is 0 Å². The predicted octanol–water partition coefficient (Wildman–Crippen LogP) is 7.57. The summed E-state index contributed by atoms with van der Waals surface area (Å²) in [7, 11) is 0. The Hall–Kier alpha value is -2.93. The topological polar surface area (TPSA) is 112 Å². The van der Waals surface area contributed by atoms with Gasteiger partial charge in [-0.25, -0.2) is 4.79 Å². The van der Waals surface area contributed by atoms with Crippen molar-refractivity contribution < 1.29 is 47.4 Å². The van der Waals surface area contributed by atoms with Gasteiger partial charge >= 0.3 is 5.97 Å². The van der Waals surface area contributed by atoms with Gasteiger partial charge in [0, 0.05) is 6.54 Å². The maximum absolute atomic E-state index is 12.8. The predicted molar refractivity (Wildman–Crippen MR) is 207 cm³/mol. The van der Waals surface area contributed by atoms with Crippen LogP contribution in [0.3, 0.4) is 0 Å². The number of hydrogen-bond acceptors (Lipinski definition) is 11. The Balaban J connectivity index is 1.21. The third-order valence-electron chi connectivity index (χ3n) is 8.64. The van der Waals surface area contributed by atoms with Gasteiger partial charge < -0.3 is 47.9 Å². The van der Waals surface area contributed by atoms with Gasteiger partial charge in [0.05, 0.1) is 84.8 Å². The van der Waals surface area contributed by atoms with Gasteiger partial charge in [-0.15, -0.1) is 0 Å². The van der Waals surface area contributed by atoms with E-state index >= 15 is 0 Å². The van der Waals surface area contributed by atoms with E-state index < -0.39 is 0 Å². The highest BCUT2D eigenvalue weighted by Gasteiger charge is 2.14. The summed E-state index contributed by atoms with van der Waals surface area (Å²) in [6.45, 7) is 10.7. The number of hydrogen-bond donors (Lipinski definition) is 1. The zero-order valence-electron chi connectivity index (χ0n) is 32.4. The monoisotopic (exact) mass is 745 g/mol. The fraction of sp³-hybridized carbons (Fsp3) is 0.690. The lowest BCUT2D eigenvalue weighted by molar-refractivity contribution is -0.0134. The van der Waals surface area contributed by atoms with Crippen LogP contribution < -0.4 is 19.5 Å². The summed E-state index contributed by atoms with van der Waals surface area (Å²) in [5.74, 6) is 1.59. The molecule has 1 aliphatic heterocycles. The molecule has 11 heteroatoms. The third kappa shape index (κ3) is 22.8. The number of ether oxygens (including phenoxy) is 9. The second-order valence-corrected chi connectivity index (χ2v) is 13.1. The van der Waals surface area contributed by atoms with Crippen molar-refractivity contribution in [3.8, 4) is 17.2 Å². The smallest absolute Gasteiger partial charge is 0.338 e. The highest BCUT2D eigenvalue weighted by molar-refractivity contribution is 5.90. The molecule has 1 N–H and O–H groups in total. The molecule has 3 rings (SSSR count). The molecule has 1 aliphatic rings. The number of rotatable bonds is 20. The molecule has 0 aromatic heterocycles. The molecule has 0 aliphatic carbocycles. The van der Waals surface area contributed by atoms with Crippen molar-refractivity contribution in [2.24, 2.45) is 0 Å². The van der Waals surface area contributed by atoms with Gasteiger partial charge in [0.2, 0.25) is 0 Å². The molecule has 0 spiro atoms. The number of esters is 1. The molecular weight excluding hydrogens is 678 g/mol. The number of nitrogens with one attached hydrogen (secondary N) is 1. The van der Waals surface area contributed by atoms with Crippen molar-refractivity contribution in [2.75, 3.05) is 99.0 Å². The van der Waals surface area contributed by atoms with Gasteiger partial charge in [0.15, 0.2) is 11.5 Å². The van der Waals surface area contributed by atoms with Gasteiger partial charge in [0.1, 0.15) is 19.0 Å². The number of unbranched alkanes of at least 4 members (excludes halogenated alkanes) is 10. The normalized spacial score (nSPS) is 15.6. The maximum atomic E-state index is 12.8. The SMILES string of the molecule is CCCCNCc1ccc(OCCCCCCCCCCCCOC(=O)c2ccc3c(c2)OCCOCCOCCOCCOCCOCCO3)cc1. The third-order valence-corrected chi connectivity index (χ3v) is 8.64. The Bertz CT molecular complexity index is 1170. The molecule has 0 unspecified atom stereocenters. The van der Waals surface area contributed by atoms with Crippen LogP contribution in [0, 0.1) is 0 Å². The summed E-state index contributed by atoms with van der Waals surface area (Å²) in [4.78, 5) is 12.8. The van der Waals surface area contributed by atoms with E-state index in [1.165, 1.54) is 56.9 Å². The average Bonchev–Trinajstić information content (AvgIpc) is 3.18. The lowest BCUT2D eigenvalue weighted by Crippen LogP contribution is -2.14. The molecule has 2 aromatic carbocycles. The highest BCUT2D eigenvalue weighted by atomic mass is 16.6. The van der Waals surface area contributed by atoms with E-state index in [1.807, 2.05) is 0 Å². The Kier molecular flexibility index (Phi) is 26.4. The van der Waals surface area contributed by atoms with Crippen LogP contribution in [0.2, 0.25) is 0 Å². The van der Waals surface area contributed by atoms with Crippen molar-refractivity contribution in [3.63, 3.8) is 0 Å². The summed E-state index contributed by atoms with van der Waals surface area (Å²) in [5.41, 5.74) is 1.73. The molecule has 1 heterocycles. The van der Waals surface area contributed by atoms with Crippen LogP contribution in [0.5, 0.6) is 17.2 Å². The average molecular weight is 746 g/mol. The summed E-state index contributed by atoms with van der Waals surface area (Å²) >= 11 is 0. The molecule has 0 atom stereocenters. The maximum Gasteiger partial charge on any atom is 0.338 e. The Labute approximate surface area is 318 Å². The van der Waals surface area contributed by atoms with Crippen LogP contribution in [0.15, 0.2) is 42.5 Å². The molecule has 0 saturated carbocycles. The van der Waals surface area contributed by atoms with Crippen LogP contribution in [-0.4, -0.2) is 105 Å². The van der Waals surface area contributed by atoms with Gasteiger partial charge in [-0.05, 0) is 61.7 Å². The van der Waals surface area contributed by atoms with Crippen LogP contribution in [0.1, 0.15) is 99.9 Å². The van der Waals surface area contributed by atoms with Gasteiger partial charge in [-0.1, -0.05) is 76.8 Å². The minimum Gasteiger partial charge on any atom is -0.494 e. The summed E-state index contributed by atoms with van der Waals surface area (Å²) in [6, 6.07) is 13.6. The fourth-order valence-corrected chi connectivity index (χ4v) is 5.56. The van der Waals surface area contributed by atoms with Gasteiger partial charge in [-0.3, -0.25) is 0 Å². The van der Waals surface area contributed by atoms with E-state index in [-0.39, 0.29) is 5.97 Å².